The molecular weight excluding hydrogens is 305 g/mol. The number of nitrogens with two attached hydrogens (primary N) is 1. The first-order valence-electron chi connectivity index (χ1n) is 6.48. The van der Waals surface area contributed by atoms with Crippen LogP contribution in [0, 0.1) is 12.7 Å². The monoisotopic (exact) mass is 315 g/mol. The van der Waals surface area contributed by atoms with E-state index in [1.165, 1.54) is 18.5 Å². The normalized spacial score (nSPS) is 10.9. The van der Waals surface area contributed by atoms with Crippen LogP contribution in [0.3, 0.4) is 0 Å². The number of carbonyl (C=O) groups excluding carboxylic acids is 1. The number of aromatic nitrogens is 2. The number of benzene rings is 1. The molecule has 0 atom stereocenters. The lowest BCUT2D eigenvalue weighted by molar-refractivity contribution is 0.1000. The van der Waals surface area contributed by atoms with Crippen LogP contribution in [0.1, 0.15) is 15.9 Å². The van der Waals surface area contributed by atoms with Gasteiger partial charge in [-0.15, -0.1) is 0 Å². The molecule has 0 spiro atoms. The van der Waals surface area contributed by atoms with Gasteiger partial charge >= 0.3 is 0 Å². The van der Waals surface area contributed by atoms with Crippen LogP contribution in [0.15, 0.2) is 36.7 Å². The lowest BCUT2D eigenvalue weighted by Crippen LogP contribution is -2.15. The predicted octanol–water partition coefficient (Wildman–Crippen LogP) is 3.50. The third-order valence-corrected chi connectivity index (χ3v) is 3.70. The summed E-state index contributed by atoms with van der Waals surface area (Å²) >= 11 is 6.13. The van der Waals surface area contributed by atoms with E-state index in [4.69, 9.17) is 17.3 Å². The highest BCUT2D eigenvalue weighted by Gasteiger charge is 2.19. The Balaban J connectivity index is 2.37. The first kappa shape index (κ1) is 14.4. The highest BCUT2D eigenvalue weighted by molar-refractivity contribution is 6.33. The van der Waals surface area contributed by atoms with E-state index in [1.807, 2.05) is 0 Å². The third-order valence-electron chi connectivity index (χ3n) is 3.42. The molecule has 3 aromatic rings. The van der Waals surface area contributed by atoms with Gasteiger partial charge in [0.2, 0.25) is 5.91 Å². The molecule has 4 nitrogen and oxygen atoms in total. The highest BCUT2D eigenvalue weighted by atomic mass is 35.5. The Kier molecular flexibility index (Phi) is 3.50. The Morgan fingerprint density at radius 1 is 1.32 bits per heavy atom. The van der Waals surface area contributed by atoms with Gasteiger partial charge in [0.25, 0.3) is 0 Å². The first-order chi connectivity index (χ1) is 10.5. The summed E-state index contributed by atoms with van der Waals surface area (Å²) in [5.41, 5.74) is 7.29. The van der Waals surface area contributed by atoms with Crippen LogP contribution in [0.25, 0.3) is 22.0 Å². The van der Waals surface area contributed by atoms with Crippen molar-refractivity contribution in [2.24, 2.45) is 5.73 Å². The molecule has 1 aromatic carbocycles. The molecule has 0 aliphatic rings. The summed E-state index contributed by atoms with van der Waals surface area (Å²) in [4.78, 5) is 19.8. The minimum atomic E-state index is -0.636. The summed E-state index contributed by atoms with van der Waals surface area (Å²) in [5, 5.41) is 0.701. The Morgan fingerprint density at radius 3 is 2.82 bits per heavy atom. The average Bonchev–Trinajstić information content (AvgIpc) is 2.49. The fourth-order valence-corrected chi connectivity index (χ4v) is 2.71. The first-order valence-corrected chi connectivity index (χ1v) is 6.86. The summed E-state index contributed by atoms with van der Waals surface area (Å²) in [6.07, 6.45) is 2.98. The van der Waals surface area contributed by atoms with Gasteiger partial charge in [-0.1, -0.05) is 17.7 Å². The molecule has 0 radical (unpaired) electrons. The largest absolute Gasteiger partial charge is 0.366 e. The van der Waals surface area contributed by atoms with Gasteiger partial charge in [0, 0.05) is 23.3 Å². The molecule has 2 heterocycles. The molecule has 0 bridgehead atoms. The Morgan fingerprint density at radius 2 is 2.09 bits per heavy atom. The SMILES string of the molecule is Cc1cnc(Cl)c(-c2cc(F)c3ncccc3c2)c1C(N)=O. The van der Waals surface area contributed by atoms with Crippen LogP contribution in [-0.2, 0) is 0 Å². The lowest BCUT2D eigenvalue weighted by Gasteiger charge is -2.12. The van der Waals surface area contributed by atoms with E-state index in [1.54, 1.807) is 25.1 Å². The van der Waals surface area contributed by atoms with Crippen molar-refractivity contribution in [3.8, 4) is 11.1 Å². The second kappa shape index (κ2) is 5.35. The van der Waals surface area contributed by atoms with Crippen molar-refractivity contribution in [1.82, 2.24) is 9.97 Å². The third kappa shape index (κ3) is 2.29. The van der Waals surface area contributed by atoms with Crippen molar-refractivity contribution in [1.29, 1.82) is 0 Å². The van der Waals surface area contributed by atoms with Crippen molar-refractivity contribution in [3.63, 3.8) is 0 Å². The van der Waals surface area contributed by atoms with Crippen LogP contribution in [0.2, 0.25) is 5.15 Å². The van der Waals surface area contributed by atoms with Crippen LogP contribution < -0.4 is 5.73 Å². The molecule has 3 rings (SSSR count). The summed E-state index contributed by atoms with van der Waals surface area (Å²) in [6, 6.07) is 6.43. The maximum atomic E-state index is 14.3. The van der Waals surface area contributed by atoms with Crippen LogP contribution in [0.5, 0.6) is 0 Å². The summed E-state index contributed by atoms with van der Waals surface area (Å²) < 4.78 is 14.3. The minimum Gasteiger partial charge on any atom is -0.366 e. The van der Waals surface area contributed by atoms with Crippen LogP contribution in [-0.4, -0.2) is 15.9 Å². The van der Waals surface area contributed by atoms with Gasteiger partial charge in [0.05, 0.1) is 5.56 Å². The quantitative estimate of drug-likeness (QED) is 0.736. The molecule has 0 saturated carbocycles. The molecule has 110 valence electrons. The molecule has 0 fully saturated rings. The second-order valence-corrected chi connectivity index (χ2v) is 5.24. The maximum Gasteiger partial charge on any atom is 0.249 e. The van der Waals surface area contributed by atoms with E-state index in [0.717, 1.165) is 0 Å². The summed E-state index contributed by atoms with van der Waals surface area (Å²) in [6.45, 7) is 1.70. The molecule has 0 saturated heterocycles. The van der Waals surface area contributed by atoms with Gasteiger partial charge in [0.15, 0.2) is 0 Å². The Labute approximate surface area is 130 Å². The van der Waals surface area contributed by atoms with E-state index in [-0.39, 0.29) is 16.2 Å². The van der Waals surface area contributed by atoms with Gasteiger partial charge in [0.1, 0.15) is 16.5 Å². The number of pyridine rings is 2. The number of hydrogen-bond donors (Lipinski definition) is 1. The standard InChI is InChI=1S/C16H11ClFN3O/c1-8-7-21-15(17)13(12(8)16(19)22)10-5-9-3-2-4-20-14(9)11(18)6-10/h2-7H,1H3,(H2,19,22). The van der Waals surface area contributed by atoms with Crippen molar-refractivity contribution >= 4 is 28.4 Å². The van der Waals surface area contributed by atoms with E-state index in [0.29, 0.717) is 22.1 Å². The van der Waals surface area contributed by atoms with Crippen LogP contribution in [0.4, 0.5) is 4.39 Å². The molecule has 1 amide bonds. The van der Waals surface area contributed by atoms with Crippen molar-refractivity contribution in [3.05, 3.63) is 58.8 Å². The molecule has 0 aliphatic heterocycles. The minimum absolute atomic E-state index is 0.0991. The van der Waals surface area contributed by atoms with Gasteiger partial charge in [-0.2, -0.15) is 0 Å². The Hall–Kier alpha value is -2.53. The van der Waals surface area contributed by atoms with E-state index >= 15 is 0 Å². The van der Waals surface area contributed by atoms with Crippen LogP contribution >= 0.6 is 11.6 Å². The number of fused-ring (bicyclic) bond motifs is 1. The highest BCUT2D eigenvalue weighted by Crippen LogP contribution is 2.34. The average molecular weight is 316 g/mol. The number of primary amides is 1. The molecule has 22 heavy (non-hydrogen) atoms. The summed E-state index contributed by atoms with van der Waals surface area (Å²) in [5.74, 6) is -1.13. The number of halogens is 2. The second-order valence-electron chi connectivity index (χ2n) is 4.88. The number of amides is 1. The lowest BCUT2D eigenvalue weighted by atomic mass is 9.97. The zero-order valence-corrected chi connectivity index (χ0v) is 12.4. The molecule has 6 heteroatoms. The van der Waals surface area contributed by atoms with Gasteiger partial charge in [-0.05, 0) is 36.2 Å². The topological polar surface area (TPSA) is 68.9 Å². The van der Waals surface area contributed by atoms with Crippen molar-refractivity contribution in [2.45, 2.75) is 6.92 Å². The number of hydrogen-bond acceptors (Lipinski definition) is 3. The molecule has 2 aromatic heterocycles. The van der Waals surface area contributed by atoms with Crippen molar-refractivity contribution in [2.75, 3.05) is 0 Å². The zero-order chi connectivity index (χ0) is 15.9. The number of nitrogens with zero attached hydrogens (tertiary/aromatic N) is 2. The number of rotatable bonds is 2. The van der Waals surface area contributed by atoms with Gasteiger partial charge < -0.3 is 5.73 Å². The fourth-order valence-electron chi connectivity index (χ4n) is 2.46. The van der Waals surface area contributed by atoms with E-state index in [2.05, 4.69) is 9.97 Å². The number of carbonyl (C=O) groups is 1. The smallest absolute Gasteiger partial charge is 0.249 e. The van der Waals surface area contributed by atoms with E-state index < -0.39 is 11.7 Å². The summed E-state index contributed by atoms with van der Waals surface area (Å²) in [7, 11) is 0. The number of aryl methyl sites for hydroxylation is 1. The Bertz CT molecular complexity index is 911. The van der Waals surface area contributed by atoms with Gasteiger partial charge in [-0.3, -0.25) is 9.78 Å². The van der Waals surface area contributed by atoms with Gasteiger partial charge in [-0.25, -0.2) is 9.37 Å². The molecular formula is C16H11ClFN3O. The predicted molar refractivity (Wildman–Crippen MR) is 83.2 cm³/mol. The maximum absolute atomic E-state index is 14.3. The van der Waals surface area contributed by atoms with E-state index in [9.17, 15) is 9.18 Å². The fraction of sp³-hybridized carbons (Fsp3) is 0.0625. The molecule has 0 aliphatic carbocycles. The van der Waals surface area contributed by atoms with Crippen molar-refractivity contribution < 1.29 is 9.18 Å². The molecule has 0 unspecified atom stereocenters. The molecule has 2 N–H and O–H groups in total. The zero-order valence-electron chi connectivity index (χ0n) is 11.6.